The highest BCUT2D eigenvalue weighted by Crippen LogP contribution is 2.40. The van der Waals surface area contributed by atoms with Crippen molar-refractivity contribution >= 4 is 11.8 Å². The SMILES string of the molecule is O=C1C[C@@H](N2CC[C@]3(CCOC3)C2)C(=O)N1Cc1ccccc1. The molecule has 3 heterocycles. The first-order valence-electron chi connectivity index (χ1n) is 8.37. The molecule has 0 radical (unpaired) electrons. The number of carbonyl (C=O) groups is 2. The topological polar surface area (TPSA) is 49.9 Å². The van der Waals surface area contributed by atoms with Gasteiger partial charge in [-0.1, -0.05) is 30.3 Å². The van der Waals surface area contributed by atoms with E-state index in [0.717, 1.165) is 44.7 Å². The number of hydrogen-bond donors (Lipinski definition) is 0. The van der Waals surface area contributed by atoms with Gasteiger partial charge < -0.3 is 4.74 Å². The Balaban J connectivity index is 1.45. The van der Waals surface area contributed by atoms with E-state index >= 15 is 0 Å². The van der Waals surface area contributed by atoms with E-state index in [1.807, 2.05) is 30.3 Å². The lowest BCUT2D eigenvalue weighted by Gasteiger charge is -2.25. The molecule has 3 aliphatic heterocycles. The molecule has 122 valence electrons. The lowest BCUT2D eigenvalue weighted by molar-refractivity contribution is -0.140. The largest absolute Gasteiger partial charge is 0.381 e. The molecule has 23 heavy (non-hydrogen) atoms. The van der Waals surface area contributed by atoms with Gasteiger partial charge in [0.1, 0.15) is 0 Å². The summed E-state index contributed by atoms with van der Waals surface area (Å²) < 4.78 is 5.55. The Morgan fingerprint density at radius 2 is 2.00 bits per heavy atom. The predicted molar refractivity (Wildman–Crippen MR) is 84.5 cm³/mol. The number of amides is 2. The molecule has 5 heteroatoms. The fraction of sp³-hybridized carbons (Fsp3) is 0.556. The van der Waals surface area contributed by atoms with E-state index in [4.69, 9.17) is 4.74 Å². The van der Waals surface area contributed by atoms with Gasteiger partial charge in [-0.25, -0.2) is 0 Å². The lowest BCUT2D eigenvalue weighted by Crippen LogP contribution is -2.41. The first kappa shape index (κ1) is 14.8. The molecular formula is C18H22N2O3. The number of likely N-dealkylation sites (tertiary alicyclic amines) is 2. The fourth-order valence-electron chi connectivity index (χ4n) is 4.09. The Bertz CT molecular complexity index is 610. The number of imide groups is 1. The highest BCUT2D eigenvalue weighted by atomic mass is 16.5. The van der Waals surface area contributed by atoms with Crippen molar-refractivity contribution in [2.45, 2.75) is 31.8 Å². The second-order valence-corrected chi connectivity index (χ2v) is 7.05. The minimum absolute atomic E-state index is 0.0326. The normalized spacial score (nSPS) is 31.7. The zero-order valence-electron chi connectivity index (χ0n) is 13.2. The number of rotatable bonds is 3. The molecular weight excluding hydrogens is 292 g/mol. The molecule has 0 aromatic heterocycles. The van der Waals surface area contributed by atoms with Gasteiger partial charge >= 0.3 is 0 Å². The molecule has 4 rings (SSSR count). The van der Waals surface area contributed by atoms with Gasteiger partial charge in [-0.3, -0.25) is 19.4 Å². The summed E-state index contributed by atoms with van der Waals surface area (Å²) >= 11 is 0. The maximum atomic E-state index is 12.7. The molecule has 3 fully saturated rings. The summed E-state index contributed by atoms with van der Waals surface area (Å²) in [7, 11) is 0. The van der Waals surface area contributed by atoms with Gasteiger partial charge in [0, 0.05) is 18.6 Å². The molecule has 0 saturated carbocycles. The average molecular weight is 314 g/mol. The third-order valence-corrected chi connectivity index (χ3v) is 5.50. The third-order valence-electron chi connectivity index (χ3n) is 5.50. The van der Waals surface area contributed by atoms with Crippen molar-refractivity contribution in [1.29, 1.82) is 0 Å². The van der Waals surface area contributed by atoms with Crippen LogP contribution in [0.5, 0.6) is 0 Å². The van der Waals surface area contributed by atoms with Crippen molar-refractivity contribution in [3.05, 3.63) is 35.9 Å². The van der Waals surface area contributed by atoms with Crippen LogP contribution in [0.2, 0.25) is 0 Å². The van der Waals surface area contributed by atoms with Gasteiger partial charge in [-0.15, -0.1) is 0 Å². The number of nitrogens with zero attached hydrogens (tertiary/aromatic N) is 2. The Morgan fingerprint density at radius 1 is 1.17 bits per heavy atom. The van der Waals surface area contributed by atoms with Crippen LogP contribution in [0.1, 0.15) is 24.8 Å². The Morgan fingerprint density at radius 3 is 2.74 bits per heavy atom. The molecule has 5 nitrogen and oxygen atoms in total. The lowest BCUT2D eigenvalue weighted by atomic mass is 9.87. The van der Waals surface area contributed by atoms with Gasteiger partial charge in [-0.2, -0.15) is 0 Å². The van der Waals surface area contributed by atoms with Crippen LogP contribution >= 0.6 is 0 Å². The van der Waals surface area contributed by atoms with Crippen molar-refractivity contribution in [3.63, 3.8) is 0 Å². The monoisotopic (exact) mass is 314 g/mol. The molecule has 2 amide bonds. The summed E-state index contributed by atoms with van der Waals surface area (Å²) in [5.74, 6) is -0.0812. The van der Waals surface area contributed by atoms with Crippen LogP contribution in [0.4, 0.5) is 0 Å². The number of benzene rings is 1. The second-order valence-electron chi connectivity index (χ2n) is 7.05. The van der Waals surface area contributed by atoms with Crippen molar-refractivity contribution in [2.24, 2.45) is 5.41 Å². The van der Waals surface area contributed by atoms with E-state index in [2.05, 4.69) is 4.90 Å². The Hall–Kier alpha value is -1.72. The van der Waals surface area contributed by atoms with Crippen LogP contribution in [-0.2, 0) is 20.9 Å². The number of hydrogen-bond acceptors (Lipinski definition) is 4. The highest BCUT2D eigenvalue weighted by Gasteiger charge is 2.48. The van der Waals surface area contributed by atoms with Crippen molar-refractivity contribution < 1.29 is 14.3 Å². The predicted octanol–water partition coefficient (Wildman–Crippen LogP) is 1.43. The van der Waals surface area contributed by atoms with Gasteiger partial charge in [0.05, 0.1) is 25.6 Å². The molecule has 0 unspecified atom stereocenters. The maximum Gasteiger partial charge on any atom is 0.247 e. The molecule has 1 aromatic carbocycles. The van der Waals surface area contributed by atoms with E-state index in [9.17, 15) is 9.59 Å². The number of ether oxygens (including phenoxy) is 1. The van der Waals surface area contributed by atoms with Crippen LogP contribution in [-0.4, -0.2) is 54.0 Å². The summed E-state index contributed by atoms with van der Waals surface area (Å²) in [6.07, 6.45) is 2.47. The van der Waals surface area contributed by atoms with Crippen LogP contribution in [0.3, 0.4) is 0 Å². The van der Waals surface area contributed by atoms with E-state index in [-0.39, 0.29) is 23.3 Å². The third kappa shape index (κ3) is 2.68. The molecule has 2 atom stereocenters. The summed E-state index contributed by atoms with van der Waals surface area (Å²) in [6.45, 7) is 3.79. The molecule has 0 N–H and O–H groups in total. The standard InChI is InChI=1S/C18H22N2O3/c21-16-10-15(19-8-6-18(12-19)7-9-23-13-18)17(22)20(16)11-14-4-2-1-3-5-14/h1-5,15H,6-13H2/t15-,18+/m1/s1. The smallest absolute Gasteiger partial charge is 0.247 e. The van der Waals surface area contributed by atoms with Crippen LogP contribution in [0.25, 0.3) is 0 Å². The average Bonchev–Trinajstić information content (AvgIpc) is 3.26. The molecule has 0 aliphatic carbocycles. The van der Waals surface area contributed by atoms with Gasteiger partial charge in [0.25, 0.3) is 0 Å². The number of carbonyl (C=O) groups excluding carboxylic acids is 2. The van der Waals surface area contributed by atoms with E-state index in [1.165, 1.54) is 4.90 Å². The van der Waals surface area contributed by atoms with Gasteiger partial charge in [-0.05, 0) is 24.9 Å². The zero-order valence-corrected chi connectivity index (χ0v) is 13.2. The minimum Gasteiger partial charge on any atom is -0.381 e. The molecule has 0 bridgehead atoms. The highest BCUT2D eigenvalue weighted by molar-refractivity contribution is 6.05. The zero-order chi connectivity index (χ0) is 15.9. The van der Waals surface area contributed by atoms with Crippen LogP contribution in [0.15, 0.2) is 30.3 Å². The van der Waals surface area contributed by atoms with Crippen molar-refractivity contribution in [1.82, 2.24) is 9.80 Å². The summed E-state index contributed by atoms with van der Waals surface area (Å²) in [4.78, 5) is 28.7. The van der Waals surface area contributed by atoms with E-state index < -0.39 is 0 Å². The summed E-state index contributed by atoms with van der Waals surface area (Å²) in [5, 5.41) is 0. The van der Waals surface area contributed by atoms with Gasteiger partial charge in [0.2, 0.25) is 11.8 Å². The van der Waals surface area contributed by atoms with Crippen molar-refractivity contribution in [3.8, 4) is 0 Å². The van der Waals surface area contributed by atoms with Crippen LogP contribution < -0.4 is 0 Å². The molecule has 3 saturated heterocycles. The Labute approximate surface area is 136 Å². The quantitative estimate of drug-likeness (QED) is 0.792. The second kappa shape index (κ2) is 5.73. The van der Waals surface area contributed by atoms with Crippen LogP contribution in [0, 0.1) is 5.41 Å². The molecule has 1 aromatic rings. The minimum atomic E-state index is -0.272. The fourth-order valence-corrected chi connectivity index (χ4v) is 4.09. The first-order chi connectivity index (χ1) is 11.2. The summed E-state index contributed by atoms with van der Waals surface area (Å²) in [6, 6.07) is 9.44. The van der Waals surface area contributed by atoms with Crippen molar-refractivity contribution in [2.75, 3.05) is 26.3 Å². The van der Waals surface area contributed by atoms with Gasteiger partial charge in [0.15, 0.2) is 0 Å². The summed E-state index contributed by atoms with van der Waals surface area (Å²) in [5.41, 5.74) is 1.22. The molecule has 1 spiro atoms. The Kier molecular flexibility index (Phi) is 3.70. The maximum absolute atomic E-state index is 12.7. The van der Waals surface area contributed by atoms with E-state index in [0.29, 0.717) is 13.0 Å². The van der Waals surface area contributed by atoms with E-state index in [1.54, 1.807) is 0 Å². The first-order valence-corrected chi connectivity index (χ1v) is 8.37. The molecule has 3 aliphatic rings.